The van der Waals surface area contributed by atoms with E-state index in [4.69, 9.17) is 13.9 Å². The smallest absolute Gasteiger partial charge is 0.338 e. The van der Waals surface area contributed by atoms with Crippen LogP contribution in [-0.4, -0.2) is 55.9 Å². The van der Waals surface area contributed by atoms with Crippen molar-refractivity contribution in [3.05, 3.63) is 0 Å². The average Bonchev–Trinajstić information content (AvgIpc) is 3.03. The number of carbonyl (C=O) groups is 2. The third-order valence-corrected chi connectivity index (χ3v) is 12.6. The van der Waals surface area contributed by atoms with Crippen molar-refractivity contribution in [2.24, 2.45) is 11.3 Å². The van der Waals surface area contributed by atoms with E-state index < -0.39 is 49.7 Å². The minimum absolute atomic E-state index is 0.0858. The summed E-state index contributed by atoms with van der Waals surface area (Å²) in [4.78, 5) is 26.4. The summed E-state index contributed by atoms with van der Waals surface area (Å²) in [5, 5.41) is 14.4. The fraction of sp³-hybridized carbons (Fsp3) is 0.933. The highest BCUT2D eigenvalue weighted by atomic mass is 28.4. The van der Waals surface area contributed by atoms with Gasteiger partial charge in [0.05, 0.1) is 18.1 Å². The van der Waals surface area contributed by atoms with Gasteiger partial charge in [0.25, 0.3) is 0 Å². The second kappa shape index (κ2) is 14.6. The molecule has 0 aliphatic carbocycles. The Morgan fingerprint density at radius 2 is 1.58 bits per heavy atom. The molecule has 4 atom stereocenters. The molecule has 0 aromatic rings. The maximum Gasteiger partial charge on any atom is 0.338 e. The number of esters is 1. The number of aliphatic hydroxyl groups is 1. The van der Waals surface area contributed by atoms with Gasteiger partial charge in [0, 0.05) is 20.5 Å². The summed E-state index contributed by atoms with van der Waals surface area (Å²) in [5.41, 5.74) is -0.397. The zero-order valence-electron chi connectivity index (χ0n) is 26.4. The van der Waals surface area contributed by atoms with Gasteiger partial charge in [-0.05, 0) is 36.4 Å². The van der Waals surface area contributed by atoms with Gasteiger partial charge in [0.15, 0.2) is 14.4 Å². The first-order valence-electron chi connectivity index (χ1n) is 14.9. The Morgan fingerprint density at radius 3 is 2.05 bits per heavy atom. The monoisotopic (exact) mass is 557 g/mol. The van der Waals surface area contributed by atoms with Gasteiger partial charge < -0.3 is 24.3 Å². The minimum atomic E-state index is -1.94. The normalized spacial score (nSPS) is 20.6. The standard InChI is InChI=1S/C30H59NO6Si/c1-12-13-14-15-16-17-18-19-22(24-27(34)37-30(8,9)36-24)26(33)31-25(28(2,3)4)23(32)20-21-35-38(10,11)29(5,6)7/h22-25,32H,12-21H2,1-11H3,(H,31,33)/t22-,23-,24+,25-/m1/s1. The van der Waals surface area contributed by atoms with Crippen LogP contribution in [0.15, 0.2) is 0 Å². The summed E-state index contributed by atoms with van der Waals surface area (Å²) in [6.45, 7) is 23.0. The maximum atomic E-state index is 13.7. The first kappa shape index (κ1) is 35.1. The van der Waals surface area contributed by atoms with E-state index in [1.54, 1.807) is 13.8 Å². The molecule has 0 aromatic carbocycles. The molecule has 1 aliphatic heterocycles. The third-order valence-electron chi connectivity index (χ3n) is 8.11. The highest BCUT2D eigenvalue weighted by Crippen LogP contribution is 2.37. The summed E-state index contributed by atoms with van der Waals surface area (Å²) in [6, 6.07) is -0.500. The molecule has 0 radical (unpaired) electrons. The molecular formula is C30H59NO6Si. The first-order chi connectivity index (χ1) is 17.3. The summed E-state index contributed by atoms with van der Waals surface area (Å²) in [7, 11) is -1.94. The third kappa shape index (κ3) is 11.3. The second-order valence-electron chi connectivity index (χ2n) is 14.2. The number of amides is 1. The quantitative estimate of drug-likeness (QED) is 0.124. The lowest BCUT2D eigenvalue weighted by Gasteiger charge is -2.38. The van der Waals surface area contributed by atoms with Crippen molar-refractivity contribution in [3.8, 4) is 0 Å². The van der Waals surface area contributed by atoms with E-state index in [0.29, 0.717) is 19.4 Å². The largest absolute Gasteiger partial charge is 0.432 e. The summed E-state index contributed by atoms with van der Waals surface area (Å²) in [5.74, 6) is -2.47. The number of hydrogen-bond acceptors (Lipinski definition) is 6. The van der Waals surface area contributed by atoms with Crippen LogP contribution >= 0.6 is 0 Å². The number of hydrogen-bond donors (Lipinski definition) is 2. The van der Waals surface area contributed by atoms with Crippen molar-refractivity contribution >= 4 is 20.2 Å². The van der Waals surface area contributed by atoms with Crippen molar-refractivity contribution in [1.82, 2.24) is 5.32 Å². The predicted octanol–water partition coefficient (Wildman–Crippen LogP) is 6.73. The lowest BCUT2D eigenvalue weighted by atomic mass is 9.81. The Hall–Kier alpha value is -0.963. The molecule has 0 unspecified atom stereocenters. The fourth-order valence-corrected chi connectivity index (χ4v) is 5.70. The van der Waals surface area contributed by atoms with Crippen molar-refractivity contribution in [1.29, 1.82) is 0 Å². The molecular weight excluding hydrogens is 498 g/mol. The highest BCUT2D eigenvalue weighted by molar-refractivity contribution is 6.74. The molecule has 1 amide bonds. The van der Waals surface area contributed by atoms with Gasteiger partial charge >= 0.3 is 5.97 Å². The van der Waals surface area contributed by atoms with Crippen molar-refractivity contribution < 1.29 is 28.6 Å². The molecule has 0 aromatic heterocycles. The molecule has 0 spiro atoms. The Balaban J connectivity index is 2.92. The minimum Gasteiger partial charge on any atom is -0.432 e. The maximum absolute atomic E-state index is 13.7. The molecule has 1 heterocycles. The molecule has 1 aliphatic rings. The topological polar surface area (TPSA) is 94.1 Å². The van der Waals surface area contributed by atoms with Gasteiger partial charge in [0.1, 0.15) is 0 Å². The molecule has 224 valence electrons. The van der Waals surface area contributed by atoms with Crippen molar-refractivity contribution in [3.63, 3.8) is 0 Å². The van der Waals surface area contributed by atoms with Crippen molar-refractivity contribution in [2.45, 2.75) is 162 Å². The van der Waals surface area contributed by atoms with Crippen LogP contribution in [0.1, 0.15) is 120 Å². The highest BCUT2D eigenvalue weighted by Gasteiger charge is 2.48. The predicted molar refractivity (Wildman–Crippen MR) is 156 cm³/mol. The number of unbranched alkanes of at least 4 members (excludes halogenated alkanes) is 6. The van der Waals surface area contributed by atoms with Gasteiger partial charge in [-0.1, -0.05) is 93.4 Å². The Labute approximate surface area is 234 Å². The summed E-state index contributed by atoms with van der Waals surface area (Å²) in [6.07, 6.45) is 7.08. The molecule has 1 rings (SSSR count). The zero-order chi connectivity index (χ0) is 29.4. The first-order valence-corrected chi connectivity index (χ1v) is 17.8. The van der Waals surface area contributed by atoms with Crippen LogP contribution in [0.2, 0.25) is 18.1 Å². The van der Waals surface area contributed by atoms with E-state index >= 15 is 0 Å². The van der Waals surface area contributed by atoms with Gasteiger partial charge in [-0.2, -0.15) is 0 Å². The van der Waals surface area contributed by atoms with Crippen LogP contribution in [0, 0.1) is 11.3 Å². The van der Waals surface area contributed by atoms with Crippen LogP contribution in [0.3, 0.4) is 0 Å². The van der Waals surface area contributed by atoms with Crippen LogP contribution in [0.5, 0.6) is 0 Å². The van der Waals surface area contributed by atoms with E-state index in [0.717, 1.165) is 19.3 Å². The molecule has 2 N–H and O–H groups in total. The number of nitrogens with one attached hydrogen (secondary N) is 1. The Morgan fingerprint density at radius 1 is 1.03 bits per heavy atom. The molecule has 7 nitrogen and oxygen atoms in total. The van der Waals surface area contributed by atoms with Crippen LogP contribution in [0.4, 0.5) is 0 Å². The summed E-state index contributed by atoms with van der Waals surface area (Å²) >= 11 is 0. The number of aliphatic hydroxyl groups excluding tert-OH is 1. The van der Waals surface area contributed by atoms with Gasteiger partial charge in [-0.3, -0.25) is 4.79 Å². The van der Waals surface area contributed by atoms with E-state index in [2.05, 4.69) is 46.1 Å². The van der Waals surface area contributed by atoms with E-state index in [9.17, 15) is 14.7 Å². The van der Waals surface area contributed by atoms with E-state index in [1.807, 2.05) is 20.8 Å². The average molecular weight is 558 g/mol. The molecule has 1 saturated heterocycles. The lowest BCUT2D eigenvalue weighted by Crippen LogP contribution is -2.54. The van der Waals surface area contributed by atoms with Crippen LogP contribution in [0.25, 0.3) is 0 Å². The number of ether oxygens (including phenoxy) is 2. The molecule has 0 bridgehead atoms. The van der Waals surface area contributed by atoms with E-state index in [-0.39, 0.29) is 10.9 Å². The summed E-state index contributed by atoms with van der Waals surface area (Å²) < 4.78 is 17.6. The fourth-order valence-electron chi connectivity index (χ4n) is 4.63. The zero-order valence-corrected chi connectivity index (χ0v) is 27.4. The Kier molecular flexibility index (Phi) is 13.5. The van der Waals surface area contributed by atoms with Gasteiger partial charge in [-0.15, -0.1) is 0 Å². The number of carbonyl (C=O) groups excluding carboxylic acids is 2. The number of cyclic esters (lactones) is 1. The van der Waals surface area contributed by atoms with E-state index in [1.165, 1.54) is 25.7 Å². The molecule has 8 heteroatoms. The Bertz CT molecular complexity index is 740. The molecule has 38 heavy (non-hydrogen) atoms. The van der Waals surface area contributed by atoms with Crippen LogP contribution < -0.4 is 5.32 Å². The van der Waals surface area contributed by atoms with Gasteiger partial charge in [-0.25, -0.2) is 4.79 Å². The molecule has 1 fully saturated rings. The van der Waals surface area contributed by atoms with Crippen molar-refractivity contribution in [2.75, 3.05) is 6.61 Å². The SMILES string of the molecule is CCCCCCCCC[C@@H](C(=O)N[C@H]([C@H](O)CCO[Si](C)(C)C(C)(C)C)C(C)(C)C)[C@@H]1OC(C)(C)OC1=O. The number of rotatable bonds is 16. The molecule has 0 saturated carbocycles. The lowest BCUT2D eigenvalue weighted by molar-refractivity contribution is -0.162. The van der Waals surface area contributed by atoms with Gasteiger partial charge in [0.2, 0.25) is 11.7 Å². The van der Waals surface area contributed by atoms with Crippen LogP contribution in [-0.2, 0) is 23.5 Å². The second-order valence-corrected chi connectivity index (χ2v) is 19.0.